The minimum Gasteiger partial charge on any atom is -0.478 e. The van der Waals surface area contributed by atoms with Gasteiger partial charge in [-0.2, -0.15) is 0 Å². The van der Waals surface area contributed by atoms with Crippen molar-refractivity contribution >= 4 is 16.0 Å². The Balaban J connectivity index is 2.11. The summed E-state index contributed by atoms with van der Waals surface area (Å²) < 4.78 is 26.1. The van der Waals surface area contributed by atoms with Gasteiger partial charge in [0, 0.05) is 18.9 Å². The van der Waals surface area contributed by atoms with Crippen LogP contribution < -0.4 is 4.72 Å². The van der Waals surface area contributed by atoms with Gasteiger partial charge in [-0.05, 0) is 23.8 Å². The number of hydrogen-bond donors (Lipinski definition) is 3. The third-order valence-electron chi connectivity index (χ3n) is 2.52. The van der Waals surface area contributed by atoms with Gasteiger partial charge in [-0.1, -0.05) is 12.1 Å². The van der Waals surface area contributed by atoms with Gasteiger partial charge in [-0.25, -0.2) is 17.9 Å². The molecule has 0 fully saturated rings. The minimum absolute atomic E-state index is 0.0363. The van der Waals surface area contributed by atoms with E-state index < -0.39 is 16.0 Å². The van der Waals surface area contributed by atoms with Crippen LogP contribution in [-0.2, 0) is 16.6 Å². The van der Waals surface area contributed by atoms with E-state index in [0.29, 0.717) is 5.56 Å². The number of carboxylic acids is 1. The fourth-order valence-electron chi connectivity index (χ4n) is 1.55. The summed E-state index contributed by atoms with van der Waals surface area (Å²) in [5.41, 5.74) is 0.706. The molecule has 0 saturated carbocycles. The fraction of sp³-hybridized carbons (Fsp3) is 0.0833. The lowest BCUT2D eigenvalue weighted by molar-refractivity contribution is 0.0696. The number of nitrogens with one attached hydrogen (secondary N) is 2. The van der Waals surface area contributed by atoms with Gasteiger partial charge in [0.25, 0.3) is 0 Å². The Labute approximate surface area is 110 Å². The molecule has 0 atom stereocenters. The molecule has 0 aliphatic carbocycles. The average Bonchev–Trinajstić information content (AvgIpc) is 2.91. The molecule has 19 heavy (non-hydrogen) atoms. The summed E-state index contributed by atoms with van der Waals surface area (Å²) in [6.07, 6.45) is 2.88. The van der Waals surface area contributed by atoms with Gasteiger partial charge in [0.2, 0.25) is 10.0 Å². The molecule has 2 rings (SSSR count). The maximum atomic E-state index is 11.8. The van der Waals surface area contributed by atoms with Crippen LogP contribution in [0.1, 0.15) is 15.9 Å². The number of benzene rings is 1. The Hall–Kier alpha value is -2.12. The van der Waals surface area contributed by atoms with Crippen molar-refractivity contribution in [3.63, 3.8) is 0 Å². The number of sulfonamides is 1. The van der Waals surface area contributed by atoms with Crippen LogP contribution >= 0.6 is 0 Å². The predicted octanol–water partition coefficient (Wildman–Crippen LogP) is 1.19. The van der Waals surface area contributed by atoms with Crippen molar-refractivity contribution in [3.8, 4) is 0 Å². The quantitative estimate of drug-likeness (QED) is 0.766. The van der Waals surface area contributed by atoms with Gasteiger partial charge in [-0.3, -0.25) is 0 Å². The van der Waals surface area contributed by atoms with E-state index in [1.54, 1.807) is 12.1 Å². The minimum atomic E-state index is -3.58. The van der Waals surface area contributed by atoms with Crippen molar-refractivity contribution < 1.29 is 18.3 Å². The first-order chi connectivity index (χ1) is 8.99. The molecule has 0 amide bonds. The van der Waals surface area contributed by atoms with Gasteiger partial charge in [0.05, 0.1) is 10.5 Å². The zero-order valence-electron chi connectivity index (χ0n) is 9.83. The lowest BCUT2D eigenvalue weighted by Crippen LogP contribution is -2.22. The summed E-state index contributed by atoms with van der Waals surface area (Å²) in [6.45, 7) is 0.0363. The summed E-state index contributed by atoms with van der Waals surface area (Å²) in [7, 11) is -3.58. The van der Waals surface area contributed by atoms with E-state index in [9.17, 15) is 13.2 Å². The van der Waals surface area contributed by atoms with Crippen molar-refractivity contribution in [2.45, 2.75) is 11.4 Å². The lowest BCUT2D eigenvalue weighted by atomic mass is 10.1. The summed E-state index contributed by atoms with van der Waals surface area (Å²) >= 11 is 0. The number of aromatic nitrogens is 1. The molecule has 2 aromatic rings. The molecule has 0 spiro atoms. The molecule has 0 aliphatic heterocycles. The van der Waals surface area contributed by atoms with Crippen LogP contribution in [0.15, 0.2) is 47.6 Å². The standard InChI is InChI=1S/C12H12N2O4S/c15-12(16)10-3-1-2-9(6-10)7-14-19(17,18)11-4-5-13-8-11/h1-6,8,13-14H,7H2,(H,15,16). The van der Waals surface area contributed by atoms with Crippen LogP contribution in [0, 0.1) is 0 Å². The Morgan fingerprint density at radius 1 is 1.32 bits per heavy atom. The molecular weight excluding hydrogens is 268 g/mol. The molecule has 100 valence electrons. The number of aromatic carboxylic acids is 1. The Kier molecular flexibility index (Phi) is 3.68. The van der Waals surface area contributed by atoms with E-state index in [1.165, 1.54) is 30.6 Å². The number of aromatic amines is 1. The molecule has 7 heteroatoms. The number of carboxylic acid groups (broad SMARTS) is 1. The Morgan fingerprint density at radius 2 is 2.11 bits per heavy atom. The molecule has 0 bridgehead atoms. The monoisotopic (exact) mass is 280 g/mol. The summed E-state index contributed by atoms with van der Waals surface area (Å²) in [4.78, 5) is 13.6. The first-order valence-corrected chi connectivity index (χ1v) is 6.92. The van der Waals surface area contributed by atoms with E-state index in [1.807, 2.05) is 0 Å². The van der Waals surface area contributed by atoms with Gasteiger partial charge in [0.1, 0.15) is 0 Å². The highest BCUT2D eigenvalue weighted by molar-refractivity contribution is 7.89. The largest absolute Gasteiger partial charge is 0.478 e. The fourth-order valence-corrected chi connectivity index (χ4v) is 2.55. The maximum Gasteiger partial charge on any atom is 0.335 e. The zero-order valence-corrected chi connectivity index (χ0v) is 10.6. The molecule has 1 aromatic heterocycles. The zero-order chi connectivity index (χ0) is 13.9. The molecular formula is C12H12N2O4S. The first kappa shape index (κ1) is 13.3. The second kappa shape index (κ2) is 5.25. The van der Waals surface area contributed by atoms with Crippen molar-refractivity contribution in [2.24, 2.45) is 0 Å². The molecule has 0 aliphatic rings. The summed E-state index contributed by atoms with van der Waals surface area (Å²) in [5.74, 6) is -1.05. The highest BCUT2D eigenvalue weighted by Gasteiger charge is 2.14. The van der Waals surface area contributed by atoms with Gasteiger partial charge in [0.15, 0.2) is 0 Å². The Bertz CT molecular complexity index is 678. The average molecular weight is 280 g/mol. The van der Waals surface area contributed by atoms with Gasteiger partial charge < -0.3 is 10.1 Å². The second-order valence-electron chi connectivity index (χ2n) is 3.88. The topological polar surface area (TPSA) is 99.3 Å². The van der Waals surface area contributed by atoms with E-state index in [0.717, 1.165) is 0 Å². The van der Waals surface area contributed by atoms with Crippen molar-refractivity contribution in [3.05, 3.63) is 53.9 Å². The first-order valence-electron chi connectivity index (χ1n) is 5.44. The van der Waals surface area contributed by atoms with Crippen LogP contribution in [0.25, 0.3) is 0 Å². The van der Waals surface area contributed by atoms with Crippen LogP contribution in [-0.4, -0.2) is 24.5 Å². The third kappa shape index (κ3) is 3.21. The molecule has 0 unspecified atom stereocenters. The number of H-pyrrole nitrogens is 1. The highest BCUT2D eigenvalue weighted by Crippen LogP contribution is 2.09. The maximum absolute atomic E-state index is 11.8. The van der Waals surface area contributed by atoms with Crippen LogP contribution in [0.3, 0.4) is 0 Å². The molecule has 0 saturated heterocycles. The summed E-state index contributed by atoms with van der Waals surface area (Å²) in [6, 6.07) is 7.56. The molecule has 1 aromatic carbocycles. The van der Waals surface area contributed by atoms with E-state index in [4.69, 9.17) is 5.11 Å². The normalized spacial score (nSPS) is 11.4. The highest BCUT2D eigenvalue weighted by atomic mass is 32.2. The predicted molar refractivity (Wildman–Crippen MR) is 68.2 cm³/mol. The third-order valence-corrected chi connectivity index (χ3v) is 3.92. The van der Waals surface area contributed by atoms with Gasteiger partial charge >= 0.3 is 5.97 Å². The number of rotatable bonds is 5. The van der Waals surface area contributed by atoms with Crippen molar-refractivity contribution in [2.75, 3.05) is 0 Å². The van der Waals surface area contributed by atoms with Crippen LogP contribution in [0.2, 0.25) is 0 Å². The molecule has 0 radical (unpaired) electrons. The molecule has 1 heterocycles. The van der Waals surface area contributed by atoms with E-state index >= 15 is 0 Å². The SMILES string of the molecule is O=C(O)c1cccc(CNS(=O)(=O)c2cc[nH]c2)c1. The Morgan fingerprint density at radius 3 is 2.74 bits per heavy atom. The number of carbonyl (C=O) groups is 1. The second-order valence-corrected chi connectivity index (χ2v) is 5.64. The van der Waals surface area contributed by atoms with Crippen LogP contribution in [0.4, 0.5) is 0 Å². The molecule has 3 N–H and O–H groups in total. The van der Waals surface area contributed by atoms with Crippen LogP contribution in [0.5, 0.6) is 0 Å². The number of hydrogen-bond acceptors (Lipinski definition) is 3. The van der Waals surface area contributed by atoms with Crippen molar-refractivity contribution in [1.29, 1.82) is 0 Å². The van der Waals surface area contributed by atoms with Gasteiger partial charge in [-0.15, -0.1) is 0 Å². The summed E-state index contributed by atoms with van der Waals surface area (Å²) in [5, 5.41) is 8.84. The smallest absolute Gasteiger partial charge is 0.335 e. The van der Waals surface area contributed by atoms with E-state index in [2.05, 4.69) is 9.71 Å². The van der Waals surface area contributed by atoms with E-state index in [-0.39, 0.29) is 17.0 Å². The molecule has 6 nitrogen and oxygen atoms in total. The lowest BCUT2D eigenvalue weighted by Gasteiger charge is -2.05. The van der Waals surface area contributed by atoms with Crippen molar-refractivity contribution in [1.82, 2.24) is 9.71 Å².